The quantitative estimate of drug-likeness (QED) is 0.535. The van der Waals surface area contributed by atoms with Gasteiger partial charge in [0.1, 0.15) is 17.2 Å². The van der Waals surface area contributed by atoms with Crippen LogP contribution in [0, 0.1) is 0 Å². The first-order valence-electron chi connectivity index (χ1n) is 10.4. The Morgan fingerprint density at radius 2 is 1.83 bits per heavy atom. The highest BCUT2D eigenvalue weighted by Gasteiger charge is 2.22. The summed E-state index contributed by atoms with van der Waals surface area (Å²) in [5.74, 6) is 2.12. The van der Waals surface area contributed by atoms with E-state index in [2.05, 4.69) is 24.0 Å². The Morgan fingerprint density at radius 1 is 1.10 bits per heavy atom. The number of hydrogen-bond donors (Lipinski definition) is 1. The third kappa shape index (κ3) is 5.40. The fourth-order valence-corrected chi connectivity index (χ4v) is 3.58. The van der Waals surface area contributed by atoms with Crippen LogP contribution in [0.3, 0.4) is 0 Å². The highest BCUT2D eigenvalue weighted by atomic mass is 16.5. The molecule has 1 aromatic heterocycles. The molecule has 1 atom stereocenters. The van der Waals surface area contributed by atoms with Crippen molar-refractivity contribution < 1.29 is 14.6 Å². The van der Waals surface area contributed by atoms with Crippen molar-refractivity contribution >= 4 is 0 Å². The highest BCUT2D eigenvalue weighted by molar-refractivity contribution is 5.65. The molecule has 0 amide bonds. The van der Waals surface area contributed by atoms with E-state index in [1.54, 1.807) is 11.8 Å². The van der Waals surface area contributed by atoms with Crippen LogP contribution in [0.25, 0.3) is 11.3 Å². The number of hydrogen-bond acceptors (Lipinski definition) is 5. The van der Waals surface area contributed by atoms with Crippen LogP contribution < -0.4 is 9.47 Å². The van der Waals surface area contributed by atoms with Gasteiger partial charge in [-0.05, 0) is 32.0 Å². The smallest absolute Gasteiger partial charge is 0.222 e. The second-order valence-corrected chi connectivity index (χ2v) is 7.49. The average molecular weight is 410 g/mol. The number of aliphatic hydroxyl groups is 1. The number of benzene rings is 2. The standard InChI is InChI=1S/C24H31N3O3/c1-5-14-27(16-18(2)28)17-22-23(19-10-7-6-8-11-19)25-26(3)24(22)30-21-13-9-12-20(15-21)29-4/h6-13,15,18,28H,5,14,16-17H2,1-4H3/t18-/m0/s1. The van der Waals surface area contributed by atoms with Crippen LogP contribution in [0.5, 0.6) is 17.4 Å². The van der Waals surface area contributed by atoms with Gasteiger partial charge in [-0.2, -0.15) is 5.10 Å². The van der Waals surface area contributed by atoms with E-state index < -0.39 is 6.10 Å². The van der Waals surface area contributed by atoms with Crippen LogP contribution in [-0.4, -0.2) is 46.1 Å². The third-order valence-corrected chi connectivity index (χ3v) is 4.83. The zero-order valence-electron chi connectivity index (χ0n) is 18.2. The van der Waals surface area contributed by atoms with Crippen molar-refractivity contribution in [3.63, 3.8) is 0 Å². The van der Waals surface area contributed by atoms with Crippen molar-refractivity contribution in [2.45, 2.75) is 32.9 Å². The minimum atomic E-state index is -0.406. The van der Waals surface area contributed by atoms with Crippen LogP contribution >= 0.6 is 0 Å². The molecule has 0 aliphatic rings. The molecule has 160 valence electrons. The summed E-state index contributed by atoms with van der Waals surface area (Å²) < 4.78 is 13.4. The molecule has 3 aromatic rings. The highest BCUT2D eigenvalue weighted by Crippen LogP contribution is 2.35. The first-order chi connectivity index (χ1) is 14.5. The zero-order valence-corrected chi connectivity index (χ0v) is 18.2. The molecule has 0 fully saturated rings. The van der Waals surface area contributed by atoms with Gasteiger partial charge in [0.15, 0.2) is 0 Å². The lowest BCUT2D eigenvalue weighted by molar-refractivity contribution is 0.122. The van der Waals surface area contributed by atoms with Gasteiger partial charge in [-0.25, -0.2) is 4.68 Å². The molecule has 3 rings (SSSR count). The molecule has 0 radical (unpaired) electrons. The summed E-state index contributed by atoms with van der Waals surface area (Å²) in [6.07, 6.45) is 0.593. The summed E-state index contributed by atoms with van der Waals surface area (Å²) in [6.45, 7) is 6.07. The van der Waals surface area contributed by atoms with Crippen molar-refractivity contribution in [2.24, 2.45) is 7.05 Å². The van der Waals surface area contributed by atoms with Crippen molar-refractivity contribution in [2.75, 3.05) is 20.2 Å². The Kier molecular flexibility index (Phi) is 7.49. The average Bonchev–Trinajstić information content (AvgIpc) is 3.04. The maximum absolute atomic E-state index is 9.97. The van der Waals surface area contributed by atoms with E-state index in [9.17, 15) is 5.11 Å². The van der Waals surface area contributed by atoms with Crippen molar-refractivity contribution in [1.82, 2.24) is 14.7 Å². The molecular weight excluding hydrogens is 378 g/mol. The molecule has 6 nitrogen and oxygen atoms in total. The Bertz CT molecular complexity index is 938. The third-order valence-electron chi connectivity index (χ3n) is 4.83. The van der Waals surface area contributed by atoms with Crippen molar-refractivity contribution in [3.8, 4) is 28.6 Å². The normalized spacial score (nSPS) is 12.2. The van der Waals surface area contributed by atoms with E-state index in [4.69, 9.17) is 14.6 Å². The van der Waals surface area contributed by atoms with Crippen molar-refractivity contribution in [3.05, 3.63) is 60.2 Å². The van der Waals surface area contributed by atoms with Gasteiger partial charge in [-0.3, -0.25) is 4.90 Å². The van der Waals surface area contributed by atoms with Crippen molar-refractivity contribution in [1.29, 1.82) is 0 Å². The first kappa shape index (κ1) is 21.9. The summed E-state index contributed by atoms with van der Waals surface area (Å²) in [5.41, 5.74) is 2.93. The SMILES string of the molecule is CCCN(Cc1c(-c2ccccc2)nn(C)c1Oc1cccc(OC)c1)C[C@H](C)O. The van der Waals surface area contributed by atoms with E-state index in [-0.39, 0.29) is 0 Å². The Morgan fingerprint density at radius 3 is 2.50 bits per heavy atom. The zero-order chi connectivity index (χ0) is 21.5. The van der Waals surface area contributed by atoms with Gasteiger partial charge in [-0.15, -0.1) is 0 Å². The van der Waals surface area contributed by atoms with E-state index in [0.29, 0.717) is 24.7 Å². The molecule has 1 N–H and O–H groups in total. The van der Waals surface area contributed by atoms with E-state index in [1.807, 2.05) is 56.4 Å². The summed E-state index contributed by atoms with van der Waals surface area (Å²) in [7, 11) is 3.53. The topological polar surface area (TPSA) is 59.8 Å². The molecule has 0 bridgehead atoms. The fourth-order valence-electron chi connectivity index (χ4n) is 3.58. The van der Waals surface area contributed by atoms with Crippen LogP contribution in [0.1, 0.15) is 25.8 Å². The van der Waals surface area contributed by atoms with Gasteiger partial charge in [0.2, 0.25) is 5.88 Å². The van der Waals surface area contributed by atoms with Gasteiger partial charge in [0.25, 0.3) is 0 Å². The molecule has 0 spiro atoms. The maximum atomic E-state index is 9.97. The summed E-state index contributed by atoms with van der Waals surface area (Å²) in [5, 5.41) is 14.8. The molecule has 2 aromatic carbocycles. The number of aromatic nitrogens is 2. The monoisotopic (exact) mass is 409 g/mol. The molecule has 0 aliphatic heterocycles. The number of methoxy groups -OCH3 is 1. The van der Waals surface area contributed by atoms with Gasteiger partial charge in [0.05, 0.1) is 18.8 Å². The first-order valence-corrected chi connectivity index (χ1v) is 10.4. The number of aryl methyl sites for hydroxylation is 1. The lowest BCUT2D eigenvalue weighted by Gasteiger charge is -2.23. The van der Waals surface area contributed by atoms with Crippen LogP contribution in [0.4, 0.5) is 0 Å². The van der Waals surface area contributed by atoms with Crippen LogP contribution in [0.15, 0.2) is 54.6 Å². The predicted molar refractivity (Wildman–Crippen MR) is 119 cm³/mol. The van der Waals surface area contributed by atoms with E-state index in [0.717, 1.165) is 35.5 Å². The maximum Gasteiger partial charge on any atom is 0.222 e. The number of rotatable bonds is 10. The van der Waals surface area contributed by atoms with Gasteiger partial charge in [-0.1, -0.05) is 43.3 Å². The molecule has 30 heavy (non-hydrogen) atoms. The Labute approximate surface area is 178 Å². The lowest BCUT2D eigenvalue weighted by atomic mass is 10.1. The second-order valence-electron chi connectivity index (χ2n) is 7.49. The molecule has 0 saturated heterocycles. The lowest BCUT2D eigenvalue weighted by Crippen LogP contribution is -2.31. The van der Waals surface area contributed by atoms with Gasteiger partial charge >= 0.3 is 0 Å². The largest absolute Gasteiger partial charge is 0.497 e. The minimum absolute atomic E-state index is 0.406. The minimum Gasteiger partial charge on any atom is -0.497 e. The van der Waals surface area contributed by atoms with Crippen LogP contribution in [0.2, 0.25) is 0 Å². The Balaban J connectivity index is 2.03. The molecule has 0 aliphatic carbocycles. The van der Waals surface area contributed by atoms with E-state index >= 15 is 0 Å². The predicted octanol–water partition coefficient (Wildman–Crippen LogP) is 4.48. The molecule has 0 unspecified atom stereocenters. The summed E-state index contributed by atoms with van der Waals surface area (Å²) in [6, 6.07) is 17.7. The molecule has 0 saturated carbocycles. The second kappa shape index (κ2) is 10.3. The summed E-state index contributed by atoms with van der Waals surface area (Å²) >= 11 is 0. The fraction of sp³-hybridized carbons (Fsp3) is 0.375. The number of ether oxygens (including phenoxy) is 2. The molecule has 1 heterocycles. The van der Waals surface area contributed by atoms with E-state index in [1.165, 1.54) is 0 Å². The Hall–Kier alpha value is -2.83. The molecule has 6 heteroatoms. The van der Waals surface area contributed by atoms with Gasteiger partial charge in [0, 0.05) is 31.8 Å². The number of aliphatic hydroxyl groups excluding tert-OH is 1. The number of nitrogens with zero attached hydrogens (tertiary/aromatic N) is 3. The van der Waals surface area contributed by atoms with Crippen LogP contribution in [-0.2, 0) is 13.6 Å². The molecular formula is C24H31N3O3. The summed E-state index contributed by atoms with van der Waals surface area (Å²) in [4.78, 5) is 2.24. The van der Waals surface area contributed by atoms with Gasteiger partial charge < -0.3 is 14.6 Å².